The highest BCUT2D eigenvalue weighted by Gasteiger charge is 2.46. The van der Waals surface area contributed by atoms with Crippen LogP contribution in [0.5, 0.6) is 17.2 Å². The minimum absolute atomic E-state index is 0.0408. The third-order valence-corrected chi connectivity index (χ3v) is 7.41. The van der Waals surface area contributed by atoms with Crippen molar-refractivity contribution >= 4 is 17.4 Å². The Balaban J connectivity index is 1.58. The van der Waals surface area contributed by atoms with Crippen molar-refractivity contribution in [2.75, 3.05) is 13.7 Å². The molecule has 2 aliphatic rings. The van der Waals surface area contributed by atoms with Gasteiger partial charge in [0.25, 0.3) is 11.7 Å². The van der Waals surface area contributed by atoms with Crippen LogP contribution in [-0.2, 0) is 22.6 Å². The van der Waals surface area contributed by atoms with E-state index in [9.17, 15) is 14.7 Å². The van der Waals surface area contributed by atoms with Crippen molar-refractivity contribution in [3.63, 3.8) is 0 Å². The Kier molecular flexibility index (Phi) is 8.10. The maximum atomic E-state index is 13.5. The fraction of sp³-hybridized carbons (Fsp3) is 0.333. The number of hydrogen-bond donors (Lipinski definition) is 1. The number of benzene rings is 3. The Hall–Kier alpha value is -4.26. The summed E-state index contributed by atoms with van der Waals surface area (Å²) in [5.74, 6) is 0.275. The van der Waals surface area contributed by atoms with Crippen LogP contribution < -0.4 is 14.2 Å². The number of aliphatic hydroxyl groups excluding tert-OH is 1. The average Bonchev–Trinajstić information content (AvgIpc) is 3.46. The Bertz CT molecular complexity index is 1430. The van der Waals surface area contributed by atoms with E-state index in [4.69, 9.17) is 14.2 Å². The third kappa shape index (κ3) is 5.41. The topological polar surface area (TPSA) is 85.3 Å². The zero-order valence-electron chi connectivity index (χ0n) is 23.2. The van der Waals surface area contributed by atoms with Crippen LogP contribution in [0.4, 0.5) is 0 Å². The number of likely N-dealkylation sites (tertiary alicyclic amines) is 1. The van der Waals surface area contributed by atoms with E-state index in [1.54, 1.807) is 31.4 Å². The quantitative estimate of drug-likeness (QED) is 0.142. The molecule has 7 nitrogen and oxygen atoms in total. The molecule has 0 spiro atoms. The Morgan fingerprint density at radius 1 is 1.02 bits per heavy atom. The maximum absolute atomic E-state index is 13.5. The number of nitrogens with zero attached hydrogens (tertiary/aromatic N) is 1. The van der Waals surface area contributed by atoms with Crippen molar-refractivity contribution in [3.05, 3.63) is 94.6 Å². The molecular weight excluding hydrogens is 506 g/mol. The molecule has 208 valence electrons. The van der Waals surface area contributed by atoms with Gasteiger partial charge in [-0.25, -0.2) is 0 Å². The third-order valence-electron chi connectivity index (χ3n) is 7.41. The summed E-state index contributed by atoms with van der Waals surface area (Å²) in [4.78, 5) is 28.5. The van der Waals surface area contributed by atoms with Gasteiger partial charge in [0.2, 0.25) is 0 Å². The van der Waals surface area contributed by atoms with E-state index in [2.05, 4.69) is 6.92 Å². The van der Waals surface area contributed by atoms with Gasteiger partial charge >= 0.3 is 0 Å². The van der Waals surface area contributed by atoms with Gasteiger partial charge in [-0.3, -0.25) is 9.59 Å². The van der Waals surface area contributed by atoms with E-state index in [1.807, 2.05) is 49.4 Å². The summed E-state index contributed by atoms with van der Waals surface area (Å²) in [6.07, 6.45) is 3.85. The van der Waals surface area contributed by atoms with E-state index < -0.39 is 17.7 Å². The molecule has 0 aromatic heterocycles. The first-order valence-electron chi connectivity index (χ1n) is 13.8. The molecule has 5 rings (SSSR count). The lowest BCUT2D eigenvalue weighted by Gasteiger charge is -2.26. The highest BCUT2D eigenvalue weighted by Crippen LogP contribution is 2.43. The smallest absolute Gasteiger partial charge is 0.295 e. The van der Waals surface area contributed by atoms with Gasteiger partial charge in [-0.1, -0.05) is 56.2 Å². The molecule has 2 heterocycles. The van der Waals surface area contributed by atoms with Crippen LogP contribution in [0.3, 0.4) is 0 Å². The minimum atomic E-state index is -0.813. The molecule has 0 bridgehead atoms. The van der Waals surface area contributed by atoms with Crippen LogP contribution in [0.2, 0.25) is 0 Å². The van der Waals surface area contributed by atoms with Crippen LogP contribution in [0, 0.1) is 0 Å². The number of carbonyl (C=O) groups is 2. The van der Waals surface area contributed by atoms with Crippen LogP contribution >= 0.6 is 0 Å². The number of Topliss-reactive ketones (excluding diaryl/α,β-unsaturated/α-hetero) is 1. The molecule has 1 saturated heterocycles. The average molecular weight is 542 g/mol. The minimum Gasteiger partial charge on any atom is -0.507 e. The summed E-state index contributed by atoms with van der Waals surface area (Å²) in [6.45, 7) is 4.90. The number of aliphatic hydroxyl groups is 1. The van der Waals surface area contributed by atoms with Crippen molar-refractivity contribution in [1.82, 2.24) is 4.90 Å². The van der Waals surface area contributed by atoms with Crippen molar-refractivity contribution in [2.45, 2.75) is 58.2 Å². The highest BCUT2D eigenvalue weighted by atomic mass is 16.5. The Morgan fingerprint density at radius 3 is 2.58 bits per heavy atom. The molecule has 3 aromatic carbocycles. The number of ketones is 1. The summed E-state index contributed by atoms with van der Waals surface area (Å²) in [5.41, 5.74) is 3.00. The second kappa shape index (κ2) is 11.9. The first-order chi connectivity index (χ1) is 19.4. The predicted octanol–water partition coefficient (Wildman–Crippen LogP) is 6.21. The first-order valence-corrected chi connectivity index (χ1v) is 13.8. The number of hydrogen-bond acceptors (Lipinski definition) is 6. The molecule has 7 heteroatoms. The van der Waals surface area contributed by atoms with E-state index in [0.29, 0.717) is 35.7 Å². The molecule has 0 aliphatic carbocycles. The second-order valence-corrected chi connectivity index (χ2v) is 10.3. The molecule has 0 unspecified atom stereocenters. The second-order valence-electron chi connectivity index (χ2n) is 10.3. The number of carbonyl (C=O) groups excluding carboxylic acids is 2. The Morgan fingerprint density at radius 2 is 1.82 bits per heavy atom. The lowest BCUT2D eigenvalue weighted by atomic mass is 9.94. The number of unbranched alkanes of at least 4 members (excludes halogenated alkanes) is 2. The fourth-order valence-electron chi connectivity index (χ4n) is 5.40. The van der Waals surface area contributed by atoms with Crippen molar-refractivity contribution in [2.24, 2.45) is 0 Å². The van der Waals surface area contributed by atoms with Gasteiger partial charge in [0.05, 0.1) is 25.3 Å². The monoisotopic (exact) mass is 541 g/mol. The lowest BCUT2D eigenvalue weighted by molar-refractivity contribution is -0.140. The van der Waals surface area contributed by atoms with E-state index in [1.165, 1.54) is 4.90 Å². The number of fused-ring (bicyclic) bond motifs is 1. The number of ether oxygens (including phenoxy) is 3. The summed E-state index contributed by atoms with van der Waals surface area (Å²) in [6, 6.07) is 19.5. The SMILES string of the molecule is CCCCCOc1ccc([C@H]2C(=C(O)c3ccc4c(c3)C[C@@H](C)O4)C(=O)C(=O)N2Cc2ccccc2)cc1OC. The summed E-state index contributed by atoms with van der Waals surface area (Å²) >= 11 is 0. The highest BCUT2D eigenvalue weighted by molar-refractivity contribution is 6.46. The van der Waals surface area contributed by atoms with E-state index in [-0.39, 0.29) is 24.0 Å². The van der Waals surface area contributed by atoms with Crippen LogP contribution in [0.15, 0.2) is 72.3 Å². The molecule has 1 N–H and O–H groups in total. The van der Waals surface area contributed by atoms with Crippen LogP contribution in [0.25, 0.3) is 5.76 Å². The van der Waals surface area contributed by atoms with E-state index in [0.717, 1.165) is 36.1 Å². The molecule has 0 saturated carbocycles. The standard InChI is InChI=1S/C33H35NO6/c1-4-5-9-16-39-27-15-12-23(19-28(27)38-3)30-29(31(35)24-13-14-26-25(18-24)17-21(2)40-26)32(36)33(37)34(30)20-22-10-7-6-8-11-22/h6-8,10-15,18-19,21,30,35H,4-5,9,16-17,20H2,1-3H3/t21-,30+/m1/s1. The largest absolute Gasteiger partial charge is 0.507 e. The summed E-state index contributed by atoms with van der Waals surface area (Å²) < 4.78 is 17.4. The Labute approximate surface area is 235 Å². The molecule has 2 atom stereocenters. The summed E-state index contributed by atoms with van der Waals surface area (Å²) in [7, 11) is 1.56. The van der Waals surface area contributed by atoms with Gasteiger partial charge in [0.1, 0.15) is 17.6 Å². The molecule has 40 heavy (non-hydrogen) atoms. The van der Waals surface area contributed by atoms with Crippen molar-refractivity contribution in [1.29, 1.82) is 0 Å². The van der Waals surface area contributed by atoms with Crippen LogP contribution in [-0.4, -0.2) is 41.5 Å². The molecule has 1 amide bonds. The zero-order chi connectivity index (χ0) is 28.2. The van der Waals surface area contributed by atoms with Gasteiger partial charge in [0, 0.05) is 18.5 Å². The van der Waals surface area contributed by atoms with Crippen LogP contribution in [0.1, 0.15) is 61.4 Å². The maximum Gasteiger partial charge on any atom is 0.295 e. The van der Waals surface area contributed by atoms with Gasteiger partial charge in [-0.15, -0.1) is 0 Å². The summed E-state index contributed by atoms with van der Waals surface area (Å²) in [5, 5.41) is 11.6. The van der Waals surface area contributed by atoms with Gasteiger partial charge in [-0.2, -0.15) is 0 Å². The lowest BCUT2D eigenvalue weighted by Crippen LogP contribution is -2.29. The molecule has 2 aliphatic heterocycles. The fourth-order valence-corrected chi connectivity index (χ4v) is 5.40. The predicted molar refractivity (Wildman–Crippen MR) is 153 cm³/mol. The van der Waals surface area contributed by atoms with Gasteiger partial charge in [0.15, 0.2) is 11.5 Å². The van der Waals surface area contributed by atoms with Gasteiger partial charge < -0.3 is 24.2 Å². The number of rotatable bonds is 10. The van der Waals surface area contributed by atoms with Crippen molar-refractivity contribution < 1.29 is 28.9 Å². The molecule has 3 aromatic rings. The molecular formula is C33H35NO6. The van der Waals surface area contributed by atoms with Crippen molar-refractivity contribution in [3.8, 4) is 17.2 Å². The normalized spacial score (nSPS) is 19.4. The number of amides is 1. The number of methoxy groups -OCH3 is 1. The zero-order valence-corrected chi connectivity index (χ0v) is 23.2. The first kappa shape index (κ1) is 27.3. The molecule has 0 radical (unpaired) electrons. The van der Waals surface area contributed by atoms with Gasteiger partial charge in [-0.05, 0) is 60.4 Å². The van der Waals surface area contributed by atoms with E-state index >= 15 is 0 Å². The molecule has 1 fully saturated rings.